The molecule has 144 valence electrons. The number of carbonyl (C=O) groups is 1. The Hall–Kier alpha value is -3.23. The number of halogens is 1. The minimum absolute atomic E-state index is 0.159. The molecule has 0 radical (unpaired) electrons. The maximum Gasteiger partial charge on any atom is 0.257 e. The Bertz CT molecular complexity index is 1100. The standard InChI is InChI=1S/C19H19FN6O2/c1-10-9-28-19-13(4-14(20)5-21-19)7-25-11(2)3-12-8-26-17(24-16(12)25)15(6-22-26)18(27)23-10/h4-6,8,10-11H,3,7,9H2,1-2H3,(H,23,27). The van der Waals surface area contributed by atoms with E-state index in [-0.39, 0.29) is 24.6 Å². The van der Waals surface area contributed by atoms with E-state index in [0.29, 0.717) is 29.2 Å². The Morgan fingerprint density at radius 3 is 3.00 bits per heavy atom. The van der Waals surface area contributed by atoms with Crippen molar-refractivity contribution in [1.82, 2.24) is 24.9 Å². The van der Waals surface area contributed by atoms with Gasteiger partial charge in [0.1, 0.15) is 23.8 Å². The zero-order chi connectivity index (χ0) is 19.4. The van der Waals surface area contributed by atoms with Crippen LogP contribution in [0.25, 0.3) is 5.65 Å². The molecule has 2 aliphatic heterocycles. The van der Waals surface area contributed by atoms with E-state index in [2.05, 4.69) is 27.2 Å². The van der Waals surface area contributed by atoms with Crippen LogP contribution in [-0.4, -0.2) is 44.2 Å². The van der Waals surface area contributed by atoms with E-state index < -0.39 is 5.82 Å². The fourth-order valence-corrected chi connectivity index (χ4v) is 3.80. The van der Waals surface area contributed by atoms with E-state index in [0.717, 1.165) is 24.0 Å². The van der Waals surface area contributed by atoms with Gasteiger partial charge in [-0.1, -0.05) is 0 Å². The molecule has 9 heteroatoms. The second kappa shape index (κ2) is 6.15. The lowest BCUT2D eigenvalue weighted by Crippen LogP contribution is -2.37. The number of hydrogen-bond acceptors (Lipinski definition) is 6. The summed E-state index contributed by atoms with van der Waals surface area (Å²) in [5.41, 5.74) is 2.59. The smallest absolute Gasteiger partial charge is 0.257 e. The molecular formula is C19H19FN6O2. The highest BCUT2D eigenvalue weighted by atomic mass is 19.1. The summed E-state index contributed by atoms with van der Waals surface area (Å²) in [7, 11) is 0. The summed E-state index contributed by atoms with van der Waals surface area (Å²) in [4.78, 5) is 23.7. The lowest BCUT2D eigenvalue weighted by Gasteiger charge is -2.25. The highest BCUT2D eigenvalue weighted by molar-refractivity contribution is 6.00. The summed E-state index contributed by atoms with van der Waals surface area (Å²) < 4.78 is 21.3. The number of carbonyl (C=O) groups excluding carboxylic acids is 1. The summed E-state index contributed by atoms with van der Waals surface area (Å²) in [6.45, 7) is 4.55. The van der Waals surface area contributed by atoms with Gasteiger partial charge in [-0.05, 0) is 26.3 Å². The Morgan fingerprint density at radius 2 is 2.14 bits per heavy atom. The lowest BCUT2D eigenvalue weighted by molar-refractivity contribution is 0.0927. The number of rotatable bonds is 0. The Balaban J connectivity index is 1.68. The third kappa shape index (κ3) is 2.65. The Labute approximate surface area is 160 Å². The quantitative estimate of drug-likeness (QED) is 0.637. The largest absolute Gasteiger partial charge is 0.475 e. The molecule has 3 aromatic rings. The van der Waals surface area contributed by atoms with Gasteiger partial charge in [0.2, 0.25) is 5.88 Å². The maximum absolute atomic E-state index is 13.9. The van der Waals surface area contributed by atoms with Crippen LogP contribution in [0.2, 0.25) is 0 Å². The molecule has 1 amide bonds. The average molecular weight is 382 g/mol. The minimum atomic E-state index is -0.415. The third-order valence-electron chi connectivity index (χ3n) is 5.19. The predicted molar refractivity (Wildman–Crippen MR) is 99.0 cm³/mol. The molecule has 5 rings (SSSR count). The molecular weight excluding hydrogens is 363 g/mol. The van der Waals surface area contributed by atoms with Crippen LogP contribution in [-0.2, 0) is 13.0 Å². The van der Waals surface area contributed by atoms with Crippen LogP contribution in [0.3, 0.4) is 0 Å². The predicted octanol–water partition coefficient (Wildman–Crippen LogP) is 1.73. The van der Waals surface area contributed by atoms with Crippen molar-refractivity contribution < 1.29 is 13.9 Å². The summed E-state index contributed by atoms with van der Waals surface area (Å²) in [6.07, 6.45) is 5.37. The van der Waals surface area contributed by atoms with E-state index in [4.69, 9.17) is 9.72 Å². The van der Waals surface area contributed by atoms with E-state index in [1.807, 2.05) is 13.1 Å². The van der Waals surface area contributed by atoms with Crippen molar-refractivity contribution in [3.8, 4) is 5.88 Å². The fourth-order valence-electron chi connectivity index (χ4n) is 3.80. The molecule has 28 heavy (non-hydrogen) atoms. The van der Waals surface area contributed by atoms with Crippen molar-refractivity contribution in [2.24, 2.45) is 0 Å². The van der Waals surface area contributed by atoms with Crippen LogP contribution in [0, 0.1) is 5.82 Å². The van der Waals surface area contributed by atoms with E-state index in [1.165, 1.54) is 12.3 Å². The lowest BCUT2D eigenvalue weighted by atomic mass is 10.2. The van der Waals surface area contributed by atoms with Crippen molar-refractivity contribution >= 4 is 17.4 Å². The van der Waals surface area contributed by atoms with Gasteiger partial charge in [-0.25, -0.2) is 18.9 Å². The Morgan fingerprint density at radius 1 is 1.29 bits per heavy atom. The monoisotopic (exact) mass is 382 g/mol. The highest BCUT2D eigenvalue weighted by Gasteiger charge is 2.31. The van der Waals surface area contributed by atoms with Gasteiger partial charge in [0.15, 0.2) is 5.65 Å². The van der Waals surface area contributed by atoms with Crippen molar-refractivity contribution in [2.45, 2.75) is 38.9 Å². The topological polar surface area (TPSA) is 84.7 Å². The van der Waals surface area contributed by atoms with E-state index in [1.54, 1.807) is 4.52 Å². The summed E-state index contributed by atoms with van der Waals surface area (Å²) in [6, 6.07) is 1.33. The number of nitrogens with one attached hydrogen (secondary N) is 1. The summed E-state index contributed by atoms with van der Waals surface area (Å²) in [5, 5.41) is 7.18. The molecule has 3 aromatic heterocycles. The van der Waals surface area contributed by atoms with Gasteiger partial charge in [0.25, 0.3) is 5.91 Å². The molecule has 2 unspecified atom stereocenters. The van der Waals surface area contributed by atoms with Gasteiger partial charge in [-0.2, -0.15) is 5.10 Å². The number of pyridine rings is 1. The van der Waals surface area contributed by atoms with Crippen LogP contribution in [0.15, 0.2) is 24.7 Å². The van der Waals surface area contributed by atoms with Crippen LogP contribution in [0.5, 0.6) is 5.88 Å². The minimum Gasteiger partial charge on any atom is -0.475 e. The molecule has 0 spiro atoms. The van der Waals surface area contributed by atoms with Crippen LogP contribution in [0.4, 0.5) is 10.2 Å². The summed E-state index contributed by atoms with van der Waals surface area (Å²) in [5.74, 6) is 0.466. The SMILES string of the molecule is CC1COc2ncc(F)cc2CN2c3nc4c(cnn4cc3CC2C)C(=O)N1. The normalized spacial score (nSPS) is 21.5. The van der Waals surface area contributed by atoms with Gasteiger partial charge < -0.3 is 15.0 Å². The first-order valence-electron chi connectivity index (χ1n) is 9.21. The molecule has 0 aromatic carbocycles. The van der Waals surface area contributed by atoms with Crippen LogP contribution >= 0.6 is 0 Å². The molecule has 0 saturated carbocycles. The van der Waals surface area contributed by atoms with Crippen molar-refractivity contribution in [2.75, 3.05) is 11.5 Å². The fraction of sp³-hybridized carbons (Fsp3) is 0.368. The zero-order valence-corrected chi connectivity index (χ0v) is 15.5. The second-order valence-corrected chi connectivity index (χ2v) is 7.40. The van der Waals surface area contributed by atoms with Gasteiger partial charge in [0, 0.05) is 23.4 Å². The molecule has 8 nitrogen and oxygen atoms in total. The number of aromatic nitrogens is 4. The van der Waals surface area contributed by atoms with Crippen molar-refractivity contribution in [3.05, 3.63) is 47.2 Å². The van der Waals surface area contributed by atoms with Crippen molar-refractivity contribution in [3.63, 3.8) is 0 Å². The first-order chi connectivity index (χ1) is 13.5. The molecule has 0 fully saturated rings. The van der Waals surface area contributed by atoms with Gasteiger partial charge in [-0.3, -0.25) is 4.79 Å². The number of anilines is 1. The number of nitrogens with zero attached hydrogens (tertiary/aromatic N) is 5. The zero-order valence-electron chi connectivity index (χ0n) is 15.5. The molecule has 5 heterocycles. The van der Waals surface area contributed by atoms with Crippen LogP contribution in [0.1, 0.15) is 35.3 Å². The average Bonchev–Trinajstić information content (AvgIpc) is 3.19. The molecule has 2 atom stereocenters. The van der Waals surface area contributed by atoms with E-state index in [9.17, 15) is 9.18 Å². The number of amides is 1. The summed E-state index contributed by atoms with van der Waals surface area (Å²) >= 11 is 0. The first kappa shape index (κ1) is 16.9. The number of ether oxygens (including phenoxy) is 1. The van der Waals surface area contributed by atoms with Crippen LogP contribution < -0.4 is 15.0 Å². The highest BCUT2D eigenvalue weighted by Crippen LogP contribution is 2.34. The maximum atomic E-state index is 13.9. The van der Waals surface area contributed by atoms with Gasteiger partial charge in [0.05, 0.1) is 25.0 Å². The first-order valence-corrected chi connectivity index (χ1v) is 9.21. The number of hydrogen-bond donors (Lipinski definition) is 1. The van der Waals surface area contributed by atoms with E-state index >= 15 is 0 Å². The molecule has 2 bridgehead atoms. The Kier molecular flexibility index (Phi) is 3.71. The molecule has 1 N–H and O–H groups in total. The third-order valence-corrected chi connectivity index (χ3v) is 5.19. The van der Waals surface area contributed by atoms with Gasteiger partial charge in [-0.15, -0.1) is 0 Å². The van der Waals surface area contributed by atoms with Crippen molar-refractivity contribution in [1.29, 1.82) is 0 Å². The van der Waals surface area contributed by atoms with Gasteiger partial charge >= 0.3 is 0 Å². The molecule has 0 aliphatic carbocycles. The number of fused-ring (bicyclic) bond motifs is 1. The molecule has 0 saturated heterocycles. The molecule has 2 aliphatic rings. The second-order valence-electron chi connectivity index (χ2n) is 7.40.